The van der Waals surface area contributed by atoms with E-state index in [4.69, 9.17) is 0 Å². The van der Waals surface area contributed by atoms with Crippen LogP contribution >= 0.6 is 11.8 Å². The van der Waals surface area contributed by atoms with Crippen molar-refractivity contribution in [2.45, 2.75) is 31.6 Å². The van der Waals surface area contributed by atoms with Gasteiger partial charge >= 0.3 is 0 Å². The van der Waals surface area contributed by atoms with Crippen LogP contribution in [0, 0.1) is 0 Å². The molecule has 0 bridgehead atoms. The van der Waals surface area contributed by atoms with Gasteiger partial charge in [0.05, 0.1) is 0 Å². The van der Waals surface area contributed by atoms with Crippen molar-refractivity contribution in [1.29, 1.82) is 0 Å². The molecule has 0 spiro atoms. The third-order valence-corrected chi connectivity index (χ3v) is 2.86. The van der Waals surface area contributed by atoms with Gasteiger partial charge in [-0.2, -0.15) is 0 Å². The van der Waals surface area contributed by atoms with Crippen molar-refractivity contribution in [3.63, 3.8) is 0 Å². The standard InChI is InChI=1S/C12H16OS/c1-3-5-12(13)10-6-8-11(9-7-10)14-4-2/h6-9H,3-5H2,1-2H3. The van der Waals surface area contributed by atoms with Crippen molar-refractivity contribution in [3.8, 4) is 0 Å². The van der Waals surface area contributed by atoms with Gasteiger partial charge in [0.2, 0.25) is 0 Å². The molecule has 0 unspecified atom stereocenters. The second-order valence-electron chi connectivity index (χ2n) is 3.13. The van der Waals surface area contributed by atoms with E-state index in [0.29, 0.717) is 6.42 Å². The van der Waals surface area contributed by atoms with E-state index in [1.165, 1.54) is 4.90 Å². The summed E-state index contributed by atoms with van der Waals surface area (Å²) in [6.45, 7) is 4.15. The molecule has 1 aromatic carbocycles. The predicted molar refractivity (Wildman–Crippen MR) is 62.1 cm³/mol. The summed E-state index contributed by atoms with van der Waals surface area (Å²) in [7, 11) is 0. The maximum absolute atomic E-state index is 11.5. The number of carbonyl (C=O) groups excluding carboxylic acids is 1. The average Bonchev–Trinajstić information content (AvgIpc) is 2.20. The second-order valence-corrected chi connectivity index (χ2v) is 4.47. The van der Waals surface area contributed by atoms with E-state index in [0.717, 1.165) is 17.7 Å². The lowest BCUT2D eigenvalue weighted by Crippen LogP contribution is -1.97. The van der Waals surface area contributed by atoms with Gasteiger partial charge in [0.1, 0.15) is 0 Å². The minimum Gasteiger partial charge on any atom is -0.294 e. The Hall–Kier alpha value is -0.760. The molecule has 0 amide bonds. The Balaban J connectivity index is 2.67. The lowest BCUT2D eigenvalue weighted by molar-refractivity contribution is 0.0981. The first-order valence-electron chi connectivity index (χ1n) is 5.04. The van der Waals surface area contributed by atoms with Gasteiger partial charge in [0, 0.05) is 16.9 Å². The highest BCUT2D eigenvalue weighted by Gasteiger charge is 2.03. The van der Waals surface area contributed by atoms with E-state index in [9.17, 15) is 4.79 Å². The third kappa shape index (κ3) is 3.18. The minimum atomic E-state index is 0.251. The van der Waals surface area contributed by atoms with Crippen molar-refractivity contribution >= 4 is 17.5 Å². The van der Waals surface area contributed by atoms with Crippen LogP contribution in [0.15, 0.2) is 29.2 Å². The molecule has 1 aromatic rings. The SMILES string of the molecule is CCCC(=O)c1ccc(SCC)cc1. The van der Waals surface area contributed by atoms with Crippen LogP contribution in [-0.4, -0.2) is 11.5 Å². The zero-order valence-electron chi connectivity index (χ0n) is 8.75. The third-order valence-electron chi connectivity index (χ3n) is 1.96. The first kappa shape index (κ1) is 11.3. The number of carbonyl (C=O) groups is 1. The highest BCUT2D eigenvalue weighted by molar-refractivity contribution is 7.99. The molecule has 0 heterocycles. The van der Waals surface area contributed by atoms with Crippen molar-refractivity contribution in [3.05, 3.63) is 29.8 Å². The number of hydrogen-bond donors (Lipinski definition) is 0. The number of ketones is 1. The largest absolute Gasteiger partial charge is 0.294 e. The Morgan fingerprint density at radius 3 is 2.36 bits per heavy atom. The monoisotopic (exact) mass is 208 g/mol. The van der Waals surface area contributed by atoms with Gasteiger partial charge in [-0.05, 0) is 24.3 Å². The highest BCUT2D eigenvalue weighted by Crippen LogP contribution is 2.18. The summed E-state index contributed by atoms with van der Waals surface area (Å²) in [6, 6.07) is 7.90. The normalized spacial score (nSPS) is 10.1. The second kappa shape index (κ2) is 5.86. The van der Waals surface area contributed by atoms with Gasteiger partial charge in [-0.15, -0.1) is 11.8 Å². The molecule has 0 saturated heterocycles. The summed E-state index contributed by atoms with van der Waals surface area (Å²) in [5, 5.41) is 0. The number of hydrogen-bond acceptors (Lipinski definition) is 2. The van der Waals surface area contributed by atoms with Crippen LogP contribution in [0.1, 0.15) is 37.0 Å². The van der Waals surface area contributed by atoms with Crippen molar-refractivity contribution in [2.75, 3.05) is 5.75 Å². The quantitative estimate of drug-likeness (QED) is 0.541. The molecule has 0 aliphatic heterocycles. The maximum atomic E-state index is 11.5. The van der Waals surface area contributed by atoms with Gasteiger partial charge < -0.3 is 0 Å². The van der Waals surface area contributed by atoms with Gasteiger partial charge in [-0.25, -0.2) is 0 Å². The van der Waals surface area contributed by atoms with Gasteiger partial charge in [0.25, 0.3) is 0 Å². The van der Waals surface area contributed by atoms with Gasteiger partial charge in [-0.3, -0.25) is 4.79 Å². The molecule has 1 nitrogen and oxygen atoms in total. The molecule has 0 fully saturated rings. The van der Waals surface area contributed by atoms with Gasteiger partial charge in [-0.1, -0.05) is 26.0 Å². The zero-order chi connectivity index (χ0) is 10.4. The van der Waals surface area contributed by atoms with Crippen LogP contribution in [-0.2, 0) is 0 Å². The van der Waals surface area contributed by atoms with Crippen molar-refractivity contribution < 1.29 is 4.79 Å². The van der Waals surface area contributed by atoms with E-state index in [1.54, 1.807) is 11.8 Å². The highest BCUT2D eigenvalue weighted by atomic mass is 32.2. The Labute approximate surface area is 89.9 Å². The van der Waals surface area contributed by atoms with E-state index in [1.807, 2.05) is 31.2 Å². The number of rotatable bonds is 5. The number of Topliss-reactive ketones (excluding diaryl/α,β-unsaturated/α-hetero) is 1. The summed E-state index contributed by atoms with van der Waals surface area (Å²) in [6.07, 6.45) is 1.57. The molecule has 0 saturated carbocycles. The summed E-state index contributed by atoms with van der Waals surface area (Å²) >= 11 is 1.80. The molecule has 0 aliphatic carbocycles. The van der Waals surface area contributed by atoms with Crippen LogP contribution in [0.4, 0.5) is 0 Å². The number of thioether (sulfide) groups is 1. The Morgan fingerprint density at radius 2 is 1.86 bits per heavy atom. The molecule has 0 N–H and O–H groups in total. The van der Waals surface area contributed by atoms with Crippen molar-refractivity contribution in [1.82, 2.24) is 0 Å². The zero-order valence-corrected chi connectivity index (χ0v) is 9.56. The fourth-order valence-corrected chi connectivity index (χ4v) is 1.94. The Bertz CT molecular complexity index is 290. The van der Waals surface area contributed by atoms with Crippen LogP contribution in [0.2, 0.25) is 0 Å². The van der Waals surface area contributed by atoms with Crippen molar-refractivity contribution in [2.24, 2.45) is 0 Å². The molecule has 0 atom stereocenters. The fraction of sp³-hybridized carbons (Fsp3) is 0.417. The number of benzene rings is 1. The summed E-state index contributed by atoms with van der Waals surface area (Å²) in [5.41, 5.74) is 0.840. The fourth-order valence-electron chi connectivity index (χ4n) is 1.28. The lowest BCUT2D eigenvalue weighted by Gasteiger charge is -2.01. The summed E-state index contributed by atoms with van der Waals surface area (Å²) < 4.78 is 0. The first-order chi connectivity index (χ1) is 6.77. The molecule has 14 heavy (non-hydrogen) atoms. The molecule has 1 rings (SSSR count). The molecule has 0 aliphatic rings. The average molecular weight is 208 g/mol. The van der Waals surface area contributed by atoms with Crippen LogP contribution < -0.4 is 0 Å². The Morgan fingerprint density at radius 1 is 1.21 bits per heavy atom. The van der Waals surface area contributed by atoms with E-state index in [-0.39, 0.29) is 5.78 Å². The van der Waals surface area contributed by atoms with Crippen LogP contribution in [0.25, 0.3) is 0 Å². The van der Waals surface area contributed by atoms with Crippen LogP contribution in [0.3, 0.4) is 0 Å². The minimum absolute atomic E-state index is 0.251. The summed E-state index contributed by atoms with van der Waals surface area (Å²) in [4.78, 5) is 12.7. The maximum Gasteiger partial charge on any atom is 0.162 e. The van der Waals surface area contributed by atoms with E-state index < -0.39 is 0 Å². The van der Waals surface area contributed by atoms with E-state index in [2.05, 4.69) is 6.92 Å². The van der Waals surface area contributed by atoms with E-state index >= 15 is 0 Å². The first-order valence-corrected chi connectivity index (χ1v) is 6.02. The molecule has 0 radical (unpaired) electrons. The predicted octanol–water partition coefficient (Wildman–Crippen LogP) is 3.78. The Kier molecular flexibility index (Phi) is 4.74. The molecule has 76 valence electrons. The molecular formula is C12H16OS. The van der Waals surface area contributed by atoms with Crippen LogP contribution in [0.5, 0.6) is 0 Å². The smallest absolute Gasteiger partial charge is 0.162 e. The van der Waals surface area contributed by atoms with Gasteiger partial charge in [0.15, 0.2) is 5.78 Å². The molecular weight excluding hydrogens is 192 g/mol. The topological polar surface area (TPSA) is 17.1 Å². The summed E-state index contributed by atoms with van der Waals surface area (Å²) in [5.74, 6) is 1.32. The lowest BCUT2D eigenvalue weighted by atomic mass is 10.1. The molecule has 2 heteroatoms. The molecule has 0 aromatic heterocycles.